The van der Waals surface area contributed by atoms with Crippen LogP contribution in [0.5, 0.6) is 11.6 Å². The summed E-state index contributed by atoms with van der Waals surface area (Å²) in [5.41, 5.74) is 1.42. The van der Waals surface area contributed by atoms with Crippen molar-refractivity contribution in [1.29, 1.82) is 0 Å². The molecule has 2 aliphatic rings. The average Bonchev–Trinajstić information content (AvgIpc) is 3.40. The number of alkyl halides is 3. The second-order valence-electron chi connectivity index (χ2n) is 10.1. The molecule has 9 nitrogen and oxygen atoms in total. The van der Waals surface area contributed by atoms with Crippen molar-refractivity contribution >= 4 is 40.3 Å². The van der Waals surface area contributed by atoms with Crippen LogP contribution < -0.4 is 19.3 Å². The number of halogens is 3. The molecule has 0 amide bonds. The van der Waals surface area contributed by atoms with E-state index in [-0.39, 0.29) is 29.9 Å². The molecule has 13 heteroatoms. The van der Waals surface area contributed by atoms with E-state index in [1.165, 1.54) is 24.5 Å². The molecule has 0 radical (unpaired) electrons. The molecule has 0 unspecified atom stereocenters. The number of fused-ring (bicyclic) bond motifs is 1. The van der Waals surface area contributed by atoms with Crippen molar-refractivity contribution < 1.29 is 32.5 Å². The van der Waals surface area contributed by atoms with Crippen LogP contribution in [0.15, 0.2) is 52.3 Å². The van der Waals surface area contributed by atoms with Crippen LogP contribution in [0.2, 0.25) is 0 Å². The van der Waals surface area contributed by atoms with Gasteiger partial charge in [-0.25, -0.2) is 9.98 Å². The lowest BCUT2D eigenvalue weighted by Gasteiger charge is -2.49. The number of carboxylic acids is 1. The molecule has 0 saturated carbocycles. The van der Waals surface area contributed by atoms with Gasteiger partial charge in [0.05, 0.1) is 43.6 Å². The van der Waals surface area contributed by atoms with Gasteiger partial charge in [-0.05, 0) is 43.5 Å². The molecule has 218 valence electrons. The summed E-state index contributed by atoms with van der Waals surface area (Å²) in [5, 5.41) is 13.5. The maximum Gasteiger partial charge on any atom is 0.416 e. The zero-order chi connectivity index (χ0) is 29.5. The first kappa shape index (κ1) is 28.5. The van der Waals surface area contributed by atoms with E-state index in [2.05, 4.69) is 23.7 Å². The Balaban J connectivity index is 1.61. The minimum Gasteiger partial charge on any atom is -0.495 e. The molecule has 1 N–H and O–H groups in total. The Kier molecular flexibility index (Phi) is 7.73. The van der Waals surface area contributed by atoms with Gasteiger partial charge in [-0.15, -0.1) is 11.3 Å². The van der Waals surface area contributed by atoms with E-state index >= 15 is 0 Å². The lowest BCUT2D eigenvalue weighted by molar-refractivity contribution is -0.138. The molecule has 1 fully saturated rings. The Morgan fingerprint density at radius 2 is 1.83 bits per heavy atom. The van der Waals surface area contributed by atoms with Crippen LogP contribution in [0.3, 0.4) is 0 Å². The van der Waals surface area contributed by atoms with E-state index in [1.807, 2.05) is 22.4 Å². The molecule has 1 aromatic carbocycles. The largest absolute Gasteiger partial charge is 0.495 e. The lowest BCUT2D eigenvalue weighted by atomic mass is 9.99. The van der Waals surface area contributed by atoms with Crippen molar-refractivity contribution in [2.45, 2.75) is 44.6 Å². The second kappa shape index (κ2) is 11.1. The van der Waals surface area contributed by atoms with Gasteiger partial charge in [-0.2, -0.15) is 13.2 Å². The first-order valence-corrected chi connectivity index (χ1v) is 13.9. The molecule has 0 spiro atoms. The summed E-state index contributed by atoms with van der Waals surface area (Å²) in [5.74, 6) is -0.0263. The number of carboxylic acid groups (broad SMARTS) is 1. The van der Waals surface area contributed by atoms with Crippen molar-refractivity contribution in [3.63, 3.8) is 0 Å². The number of hydrogen-bond donors (Lipinski definition) is 1. The maximum absolute atomic E-state index is 13.9. The van der Waals surface area contributed by atoms with Crippen LogP contribution in [-0.4, -0.2) is 66.3 Å². The maximum atomic E-state index is 13.9. The summed E-state index contributed by atoms with van der Waals surface area (Å²) >= 11 is 1.37. The molecule has 0 bridgehead atoms. The number of nitrogens with zero attached hydrogens (tertiary/aromatic N) is 5. The number of pyridine rings is 1. The summed E-state index contributed by atoms with van der Waals surface area (Å²) in [4.78, 5) is 27.0. The number of methoxy groups -OCH3 is 2. The van der Waals surface area contributed by atoms with Crippen LogP contribution >= 0.6 is 11.3 Å². The number of ether oxygens (including phenoxy) is 2. The van der Waals surface area contributed by atoms with Gasteiger partial charge in [0.2, 0.25) is 11.8 Å². The van der Waals surface area contributed by atoms with E-state index in [9.17, 15) is 23.1 Å². The van der Waals surface area contributed by atoms with Gasteiger partial charge in [0.25, 0.3) is 0 Å². The number of carbonyl (C=O) groups is 1. The van der Waals surface area contributed by atoms with Gasteiger partial charge in [0.1, 0.15) is 5.75 Å². The topological polar surface area (TPSA) is 90.7 Å². The zero-order valence-corrected chi connectivity index (χ0v) is 23.7. The summed E-state index contributed by atoms with van der Waals surface area (Å²) in [6.45, 7) is 5.06. The van der Waals surface area contributed by atoms with Crippen LogP contribution in [0.1, 0.15) is 37.4 Å². The predicted molar refractivity (Wildman–Crippen MR) is 151 cm³/mol. The quantitative estimate of drug-likeness (QED) is 0.386. The molecule has 0 aliphatic carbocycles. The summed E-state index contributed by atoms with van der Waals surface area (Å²) in [6, 6.07) is 6.11. The Morgan fingerprint density at radius 1 is 1.10 bits per heavy atom. The molecular formula is C28H30F3N5O4S. The van der Waals surface area contributed by atoms with Gasteiger partial charge in [0.15, 0.2) is 0 Å². The highest BCUT2D eigenvalue weighted by Crippen LogP contribution is 2.46. The van der Waals surface area contributed by atoms with E-state index < -0.39 is 23.8 Å². The van der Waals surface area contributed by atoms with Gasteiger partial charge in [-0.3, -0.25) is 4.79 Å². The molecule has 2 aromatic heterocycles. The Hall–Kier alpha value is -4.00. The number of benzene rings is 1. The fourth-order valence-electron chi connectivity index (χ4n) is 5.67. The minimum atomic E-state index is -4.61. The highest BCUT2D eigenvalue weighted by molar-refractivity contribution is 7.08. The number of aliphatic imine (C=N–C) groups is 1. The Morgan fingerprint density at radius 3 is 2.46 bits per heavy atom. The number of thiophene rings is 1. The molecule has 3 atom stereocenters. The first-order chi connectivity index (χ1) is 19.5. The first-order valence-electron chi connectivity index (χ1n) is 13.0. The molecule has 5 rings (SSSR count). The molecule has 41 heavy (non-hydrogen) atoms. The van der Waals surface area contributed by atoms with Crippen LogP contribution in [-0.2, 0) is 11.0 Å². The number of piperazine rings is 1. The van der Waals surface area contributed by atoms with Crippen LogP contribution in [0, 0.1) is 0 Å². The van der Waals surface area contributed by atoms with E-state index in [0.717, 1.165) is 17.8 Å². The SMILES string of the molecule is COc1cc(N2[C@H](C)CN(C3=Nc4cscc4[C@@H](CC(=O)O)N3c3cc(C(F)(F)F)ccc3OC)C[C@@H]2C)ccn1. The van der Waals surface area contributed by atoms with Crippen molar-refractivity contribution in [1.82, 2.24) is 9.88 Å². The Bertz CT molecular complexity index is 1450. The number of aliphatic carboxylic acids is 1. The van der Waals surface area contributed by atoms with Crippen molar-refractivity contribution in [3.8, 4) is 11.6 Å². The Labute approximate surface area is 239 Å². The number of rotatable bonds is 6. The molecule has 3 aromatic rings. The van der Waals surface area contributed by atoms with Gasteiger partial charge in [-0.1, -0.05) is 0 Å². The van der Waals surface area contributed by atoms with Gasteiger partial charge >= 0.3 is 12.1 Å². The molecular weight excluding hydrogens is 559 g/mol. The number of aromatic nitrogens is 1. The highest BCUT2D eigenvalue weighted by Gasteiger charge is 2.41. The monoisotopic (exact) mass is 589 g/mol. The summed E-state index contributed by atoms with van der Waals surface area (Å²) in [6.07, 6.45) is -3.27. The van der Waals surface area contributed by atoms with Crippen LogP contribution in [0.4, 0.5) is 30.2 Å². The second-order valence-corrected chi connectivity index (χ2v) is 10.8. The van der Waals surface area contributed by atoms with Crippen molar-refractivity contribution in [2.75, 3.05) is 37.1 Å². The normalized spacial score (nSPS) is 20.9. The van der Waals surface area contributed by atoms with Crippen LogP contribution in [0.25, 0.3) is 0 Å². The number of guanidine groups is 1. The third kappa shape index (κ3) is 5.50. The average molecular weight is 590 g/mol. The van der Waals surface area contributed by atoms with Crippen molar-refractivity contribution in [2.24, 2.45) is 4.99 Å². The minimum absolute atomic E-state index is 0.0411. The number of anilines is 2. The van der Waals surface area contributed by atoms with E-state index in [1.54, 1.807) is 23.6 Å². The highest BCUT2D eigenvalue weighted by atomic mass is 32.1. The lowest BCUT2D eigenvalue weighted by Crippen LogP contribution is -2.61. The molecule has 4 heterocycles. The predicted octanol–water partition coefficient (Wildman–Crippen LogP) is 5.80. The van der Waals surface area contributed by atoms with Crippen molar-refractivity contribution in [3.05, 3.63) is 58.4 Å². The third-order valence-corrected chi connectivity index (χ3v) is 8.09. The molecule has 1 saturated heterocycles. The third-order valence-electron chi connectivity index (χ3n) is 7.34. The smallest absolute Gasteiger partial charge is 0.416 e. The van der Waals surface area contributed by atoms with Gasteiger partial charge in [0, 0.05) is 54.1 Å². The number of hydrogen-bond acceptors (Lipinski definition) is 9. The fraction of sp³-hybridized carbons (Fsp3) is 0.393. The summed E-state index contributed by atoms with van der Waals surface area (Å²) in [7, 11) is 2.93. The summed E-state index contributed by atoms with van der Waals surface area (Å²) < 4.78 is 52.4. The standard InChI is InChI=1S/C28H30F3N5O4S/c1-16-12-34(13-17(2)35(16)19-7-8-32-25(10-19)40-4)27-33-21-15-41-14-20(21)22(11-26(37)38)36(27)23-9-18(28(29,30)31)5-6-24(23)39-3/h5-10,14-17,22H,11-13H2,1-4H3,(H,37,38)/t16-,17+,22-/m1/s1. The van der Waals surface area contributed by atoms with E-state index in [4.69, 9.17) is 14.5 Å². The fourth-order valence-corrected chi connectivity index (χ4v) is 6.48. The molecule has 2 aliphatic heterocycles. The zero-order valence-electron chi connectivity index (χ0n) is 22.9. The van der Waals surface area contributed by atoms with E-state index in [0.29, 0.717) is 36.2 Å². The van der Waals surface area contributed by atoms with Gasteiger partial charge < -0.3 is 29.3 Å².